The average molecular weight is 326 g/mol. The Morgan fingerprint density at radius 1 is 1.56 bits per heavy atom. The number of anilines is 1. The summed E-state index contributed by atoms with van der Waals surface area (Å²) in [6, 6.07) is 4.14. The smallest absolute Gasteiger partial charge is 0.240 e. The van der Waals surface area contributed by atoms with E-state index >= 15 is 0 Å². The van der Waals surface area contributed by atoms with Gasteiger partial charge in [0, 0.05) is 11.0 Å². The van der Waals surface area contributed by atoms with Gasteiger partial charge in [0.05, 0.1) is 15.6 Å². The van der Waals surface area contributed by atoms with Gasteiger partial charge in [-0.05, 0) is 18.2 Å². The van der Waals surface area contributed by atoms with Crippen molar-refractivity contribution >= 4 is 43.2 Å². The first-order valence-corrected chi connectivity index (χ1v) is 6.86. The second-order valence-electron chi connectivity index (χ2n) is 3.03. The number of benzene rings is 1. The van der Waals surface area contributed by atoms with Crippen molar-refractivity contribution in [3.63, 3.8) is 0 Å². The number of nitrogens with one attached hydrogen (secondary N) is 1. The van der Waals surface area contributed by atoms with Gasteiger partial charge in [0.1, 0.15) is 0 Å². The predicted molar refractivity (Wildman–Crippen MR) is 69.1 cm³/mol. The molecule has 0 atom stereocenters. The number of hydrogen-bond acceptors (Lipinski definition) is 3. The van der Waals surface area contributed by atoms with Crippen LogP contribution in [0.1, 0.15) is 0 Å². The van der Waals surface area contributed by atoms with Crippen molar-refractivity contribution in [2.45, 2.75) is 4.90 Å². The normalized spacial score (nSPS) is 11.4. The molecule has 0 heterocycles. The van der Waals surface area contributed by atoms with E-state index in [1.165, 1.54) is 18.2 Å². The Labute approximate surface area is 108 Å². The van der Waals surface area contributed by atoms with E-state index in [1.807, 2.05) is 0 Å². The van der Waals surface area contributed by atoms with E-state index in [9.17, 15) is 8.42 Å². The summed E-state index contributed by atoms with van der Waals surface area (Å²) in [5.74, 6) is 0. The lowest BCUT2D eigenvalue weighted by Crippen LogP contribution is -2.24. The lowest BCUT2D eigenvalue weighted by molar-refractivity contribution is 0.585. The van der Waals surface area contributed by atoms with Crippen LogP contribution in [0.4, 0.5) is 5.69 Å². The molecule has 0 radical (unpaired) electrons. The summed E-state index contributed by atoms with van der Waals surface area (Å²) in [6.07, 6.45) is 0. The van der Waals surface area contributed by atoms with Gasteiger partial charge in [0.15, 0.2) is 0 Å². The molecule has 16 heavy (non-hydrogen) atoms. The molecule has 0 spiro atoms. The number of nitrogen functional groups attached to an aromatic ring is 1. The van der Waals surface area contributed by atoms with Crippen LogP contribution in [-0.2, 0) is 10.0 Å². The predicted octanol–water partition coefficient (Wildman–Crippen LogP) is 2.11. The standard InChI is InChI=1S/C9H10BrClN2O2S/c1-6(10)5-13-16(14,15)7-2-3-9(12)8(11)4-7/h2-4,13H,1,5,12H2. The molecule has 4 nitrogen and oxygen atoms in total. The summed E-state index contributed by atoms with van der Waals surface area (Å²) >= 11 is 8.80. The summed E-state index contributed by atoms with van der Waals surface area (Å²) in [5.41, 5.74) is 5.82. The number of halogens is 2. The topological polar surface area (TPSA) is 72.2 Å². The van der Waals surface area contributed by atoms with Gasteiger partial charge >= 0.3 is 0 Å². The highest BCUT2D eigenvalue weighted by molar-refractivity contribution is 9.11. The highest BCUT2D eigenvalue weighted by Gasteiger charge is 2.14. The third-order valence-corrected chi connectivity index (χ3v) is 3.74. The summed E-state index contributed by atoms with van der Waals surface area (Å²) < 4.78 is 26.3. The fraction of sp³-hybridized carbons (Fsp3) is 0.111. The largest absolute Gasteiger partial charge is 0.398 e. The Morgan fingerprint density at radius 3 is 2.69 bits per heavy atom. The summed E-state index contributed by atoms with van der Waals surface area (Å²) in [7, 11) is -3.58. The first-order chi connectivity index (χ1) is 7.33. The monoisotopic (exact) mass is 324 g/mol. The van der Waals surface area contributed by atoms with Crippen molar-refractivity contribution in [3.8, 4) is 0 Å². The van der Waals surface area contributed by atoms with Gasteiger partial charge in [0.25, 0.3) is 0 Å². The molecule has 88 valence electrons. The molecule has 0 amide bonds. The van der Waals surface area contributed by atoms with Crippen molar-refractivity contribution in [2.24, 2.45) is 0 Å². The van der Waals surface area contributed by atoms with Crippen molar-refractivity contribution in [2.75, 3.05) is 12.3 Å². The molecule has 7 heteroatoms. The molecule has 1 aromatic rings. The van der Waals surface area contributed by atoms with Crippen LogP contribution in [0.25, 0.3) is 0 Å². The molecule has 0 saturated carbocycles. The van der Waals surface area contributed by atoms with Crippen LogP contribution in [0.5, 0.6) is 0 Å². The van der Waals surface area contributed by atoms with Crippen molar-refractivity contribution in [3.05, 3.63) is 34.3 Å². The van der Waals surface area contributed by atoms with Gasteiger partial charge in [0.2, 0.25) is 10.0 Å². The Bertz CT molecular complexity index is 516. The molecule has 0 bridgehead atoms. The Morgan fingerprint density at radius 2 is 2.19 bits per heavy atom. The second kappa shape index (κ2) is 5.18. The van der Waals surface area contributed by atoms with Crippen molar-refractivity contribution in [1.29, 1.82) is 0 Å². The lowest BCUT2D eigenvalue weighted by Gasteiger charge is -2.07. The van der Waals surface area contributed by atoms with E-state index < -0.39 is 10.0 Å². The molecular formula is C9H10BrClN2O2S. The van der Waals surface area contributed by atoms with Gasteiger partial charge < -0.3 is 5.73 Å². The van der Waals surface area contributed by atoms with E-state index in [0.29, 0.717) is 10.2 Å². The number of nitrogens with two attached hydrogens (primary N) is 1. The molecule has 0 aromatic heterocycles. The highest BCUT2D eigenvalue weighted by Crippen LogP contribution is 2.22. The maximum absolute atomic E-state index is 11.7. The zero-order valence-electron chi connectivity index (χ0n) is 8.20. The van der Waals surface area contributed by atoms with Gasteiger partial charge in [-0.15, -0.1) is 0 Å². The lowest BCUT2D eigenvalue weighted by atomic mass is 10.3. The third-order valence-electron chi connectivity index (χ3n) is 1.74. The van der Waals surface area contributed by atoms with Crippen LogP contribution >= 0.6 is 27.5 Å². The van der Waals surface area contributed by atoms with Gasteiger partial charge in [-0.25, -0.2) is 13.1 Å². The Balaban J connectivity index is 2.99. The highest BCUT2D eigenvalue weighted by atomic mass is 79.9. The first kappa shape index (κ1) is 13.5. The van der Waals surface area contributed by atoms with Crippen LogP contribution in [0.15, 0.2) is 34.2 Å². The molecule has 1 rings (SSSR count). The van der Waals surface area contributed by atoms with Crippen LogP contribution in [0, 0.1) is 0 Å². The fourth-order valence-corrected chi connectivity index (χ4v) is 2.55. The minimum atomic E-state index is -3.58. The van der Waals surface area contributed by atoms with Gasteiger partial charge in [-0.1, -0.05) is 34.1 Å². The molecule has 0 fully saturated rings. The molecular weight excluding hydrogens is 316 g/mol. The minimum Gasteiger partial charge on any atom is -0.398 e. The van der Waals surface area contributed by atoms with E-state index in [-0.39, 0.29) is 16.5 Å². The zero-order valence-corrected chi connectivity index (χ0v) is 11.4. The summed E-state index contributed by atoms with van der Waals surface area (Å²) in [5, 5.41) is 0.209. The maximum Gasteiger partial charge on any atom is 0.240 e. The Kier molecular flexibility index (Phi) is 4.37. The Hall–Kier alpha value is -0.560. The average Bonchev–Trinajstić information content (AvgIpc) is 2.19. The van der Waals surface area contributed by atoms with E-state index in [0.717, 1.165) is 0 Å². The van der Waals surface area contributed by atoms with E-state index in [4.69, 9.17) is 17.3 Å². The molecule has 0 unspecified atom stereocenters. The maximum atomic E-state index is 11.7. The van der Waals surface area contributed by atoms with E-state index in [1.54, 1.807) is 0 Å². The van der Waals surface area contributed by atoms with Crippen LogP contribution in [-0.4, -0.2) is 15.0 Å². The van der Waals surface area contributed by atoms with Crippen LogP contribution in [0.3, 0.4) is 0 Å². The number of hydrogen-bond donors (Lipinski definition) is 2. The van der Waals surface area contributed by atoms with Gasteiger partial charge in [-0.2, -0.15) is 0 Å². The van der Waals surface area contributed by atoms with E-state index in [2.05, 4.69) is 27.2 Å². The zero-order chi connectivity index (χ0) is 12.3. The fourth-order valence-electron chi connectivity index (χ4n) is 0.932. The van der Waals surface area contributed by atoms with Crippen LogP contribution in [0.2, 0.25) is 5.02 Å². The quantitative estimate of drug-likeness (QED) is 0.833. The minimum absolute atomic E-state index is 0.0699. The second-order valence-corrected chi connectivity index (χ2v) is 6.32. The van der Waals surface area contributed by atoms with Crippen LogP contribution < -0.4 is 10.5 Å². The third kappa shape index (κ3) is 3.48. The molecule has 3 N–H and O–H groups in total. The first-order valence-electron chi connectivity index (χ1n) is 4.21. The molecule has 0 aliphatic heterocycles. The summed E-state index contributed by atoms with van der Waals surface area (Å²) in [4.78, 5) is 0.0699. The number of rotatable bonds is 4. The van der Waals surface area contributed by atoms with Crippen molar-refractivity contribution in [1.82, 2.24) is 4.72 Å². The molecule has 0 aliphatic carbocycles. The van der Waals surface area contributed by atoms with Gasteiger partial charge in [-0.3, -0.25) is 0 Å². The molecule has 1 aromatic carbocycles. The number of sulfonamides is 1. The van der Waals surface area contributed by atoms with Crippen molar-refractivity contribution < 1.29 is 8.42 Å². The molecule has 0 saturated heterocycles. The summed E-state index contributed by atoms with van der Waals surface area (Å²) in [6.45, 7) is 3.64. The molecule has 0 aliphatic rings. The SMILES string of the molecule is C=C(Br)CNS(=O)(=O)c1ccc(N)c(Cl)c1.